The summed E-state index contributed by atoms with van der Waals surface area (Å²) in [5, 5.41) is 0.612. The molecule has 2 aromatic rings. The predicted molar refractivity (Wildman–Crippen MR) is 94.6 cm³/mol. The maximum atomic E-state index is 12.4. The Balaban J connectivity index is 1.89. The number of hydrogen-bond acceptors (Lipinski definition) is 4. The Morgan fingerprint density at radius 3 is 2.92 bits per heavy atom. The molecule has 0 saturated carbocycles. The fourth-order valence-corrected chi connectivity index (χ4v) is 3.23. The van der Waals surface area contributed by atoms with E-state index in [1.165, 1.54) is 12.7 Å². The zero-order chi connectivity index (χ0) is 16.9. The summed E-state index contributed by atoms with van der Waals surface area (Å²) in [6, 6.07) is 10.9. The molecule has 0 fully saturated rings. The third kappa shape index (κ3) is 3.66. The maximum absolute atomic E-state index is 12.4. The van der Waals surface area contributed by atoms with E-state index in [0.29, 0.717) is 11.6 Å². The number of benzene rings is 1. The first-order chi connectivity index (χ1) is 11.7. The number of esters is 1. The minimum absolute atomic E-state index is 0.273. The number of hydrogen-bond donors (Lipinski definition) is 0. The molecule has 0 unspecified atom stereocenters. The molecule has 0 N–H and O–H groups in total. The van der Waals surface area contributed by atoms with Crippen LogP contribution in [0.1, 0.15) is 23.6 Å². The van der Waals surface area contributed by atoms with Crippen LogP contribution in [0.15, 0.2) is 54.9 Å². The lowest BCUT2D eigenvalue weighted by molar-refractivity contribution is -0.147. The smallest absolute Gasteiger partial charge is 0.327 e. The van der Waals surface area contributed by atoms with E-state index in [0.717, 1.165) is 24.1 Å². The van der Waals surface area contributed by atoms with Gasteiger partial charge in [0, 0.05) is 30.5 Å². The van der Waals surface area contributed by atoms with E-state index in [-0.39, 0.29) is 5.97 Å². The van der Waals surface area contributed by atoms with Crippen molar-refractivity contribution >= 4 is 23.1 Å². The van der Waals surface area contributed by atoms with E-state index in [9.17, 15) is 4.79 Å². The SMILES string of the molecule is COC(=O)[C@H](c1cccc(Cl)c1)N1CCC=C(c2cccnc2)C1. The standard InChI is InChI=1S/C19H19ClN2O2/c1-24-19(23)18(14-5-2-8-17(20)11-14)22-10-4-7-16(13-22)15-6-3-9-21-12-15/h2-3,5-9,11-12,18H,4,10,13H2,1H3/t18-/m0/s1. The number of carbonyl (C=O) groups excluding carboxylic acids is 1. The van der Waals surface area contributed by atoms with Gasteiger partial charge in [-0.15, -0.1) is 0 Å². The van der Waals surface area contributed by atoms with Crippen molar-refractivity contribution in [2.75, 3.05) is 20.2 Å². The number of nitrogens with zero attached hydrogens (tertiary/aromatic N) is 2. The van der Waals surface area contributed by atoms with Crippen molar-refractivity contribution in [3.63, 3.8) is 0 Å². The van der Waals surface area contributed by atoms with Crippen LogP contribution in [0.3, 0.4) is 0 Å². The molecule has 0 saturated heterocycles. The second-order valence-electron chi connectivity index (χ2n) is 5.71. The molecule has 24 heavy (non-hydrogen) atoms. The van der Waals surface area contributed by atoms with E-state index in [2.05, 4.69) is 16.0 Å². The number of carbonyl (C=O) groups is 1. The van der Waals surface area contributed by atoms with E-state index in [4.69, 9.17) is 16.3 Å². The van der Waals surface area contributed by atoms with Crippen LogP contribution in [0.5, 0.6) is 0 Å². The molecular weight excluding hydrogens is 324 g/mol. The Morgan fingerprint density at radius 2 is 2.21 bits per heavy atom. The Kier molecular flexibility index (Phi) is 5.28. The van der Waals surface area contributed by atoms with Crippen molar-refractivity contribution in [1.82, 2.24) is 9.88 Å². The summed E-state index contributed by atoms with van der Waals surface area (Å²) in [7, 11) is 1.42. The van der Waals surface area contributed by atoms with Gasteiger partial charge in [-0.3, -0.25) is 9.88 Å². The van der Waals surface area contributed by atoms with Gasteiger partial charge in [0.25, 0.3) is 0 Å². The highest BCUT2D eigenvalue weighted by Gasteiger charge is 2.30. The van der Waals surface area contributed by atoms with Crippen molar-refractivity contribution in [1.29, 1.82) is 0 Å². The topological polar surface area (TPSA) is 42.4 Å². The molecule has 0 radical (unpaired) electrons. The van der Waals surface area contributed by atoms with Gasteiger partial charge in [-0.1, -0.05) is 35.9 Å². The number of halogens is 1. The van der Waals surface area contributed by atoms with Crippen LogP contribution in [0.25, 0.3) is 5.57 Å². The predicted octanol–water partition coefficient (Wildman–Crippen LogP) is 3.74. The van der Waals surface area contributed by atoms with Crippen LogP contribution in [0.2, 0.25) is 5.02 Å². The molecule has 0 bridgehead atoms. The average Bonchev–Trinajstić information content (AvgIpc) is 2.63. The van der Waals surface area contributed by atoms with Gasteiger partial charge in [0.2, 0.25) is 0 Å². The lowest BCUT2D eigenvalue weighted by atomic mass is 9.98. The molecule has 124 valence electrons. The van der Waals surface area contributed by atoms with E-state index in [1.807, 2.05) is 36.5 Å². The van der Waals surface area contributed by atoms with Gasteiger partial charge in [0.15, 0.2) is 0 Å². The zero-order valence-electron chi connectivity index (χ0n) is 13.5. The van der Waals surface area contributed by atoms with Gasteiger partial charge >= 0.3 is 5.97 Å². The van der Waals surface area contributed by atoms with Gasteiger partial charge in [0.05, 0.1) is 7.11 Å². The highest BCUT2D eigenvalue weighted by Crippen LogP contribution is 2.30. The van der Waals surface area contributed by atoms with Crippen LogP contribution < -0.4 is 0 Å². The van der Waals surface area contributed by atoms with Crippen LogP contribution >= 0.6 is 11.6 Å². The van der Waals surface area contributed by atoms with E-state index >= 15 is 0 Å². The molecule has 1 aromatic carbocycles. The first-order valence-corrected chi connectivity index (χ1v) is 8.23. The molecule has 1 aliphatic rings. The number of pyridine rings is 1. The third-order valence-electron chi connectivity index (χ3n) is 4.17. The lowest BCUT2D eigenvalue weighted by Crippen LogP contribution is -2.38. The molecule has 1 atom stereocenters. The maximum Gasteiger partial charge on any atom is 0.327 e. The second kappa shape index (κ2) is 7.60. The summed E-state index contributed by atoms with van der Waals surface area (Å²) >= 11 is 6.11. The zero-order valence-corrected chi connectivity index (χ0v) is 14.2. The normalized spacial score (nSPS) is 16.3. The highest BCUT2D eigenvalue weighted by molar-refractivity contribution is 6.30. The van der Waals surface area contributed by atoms with E-state index < -0.39 is 6.04 Å². The van der Waals surface area contributed by atoms with E-state index in [1.54, 1.807) is 12.3 Å². The van der Waals surface area contributed by atoms with Crippen LogP contribution in [-0.2, 0) is 9.53 Å². The third-order valence-corrected chi connectivity index (χ3v) is 4.40. The molecule has 0 amide bonds. The van der Waals surface area contributed by atoms with Crippen molar-refractivity contribution in [3.05, 3.63) is 71.0 Å². The van der Waals surface area contributed by atoms with Crippen molar-refractivity contribution in [2.45, 2.75) is 12.5 Å². The van der Waals surface area contributed by atoms with Crippen molar-refractivity contribution < 1.29 is 9.53 Å². The van der Waals surface area contributed by atoms with Gasteiger partial charge in [-0.05, 0) is 41.3 Å². The number of ether oxygens (including phenoxy) is 1. The van der Waals surface area contributed by atoms with Gasteiger partial charge < -0.3 is 4.74 Å². The Morgan fingerprint density at radius 1 is 1.33 bits per heavy atom. The van der Waals surface area contributed by atoms with Gasteiger partial charge in [0.1, 0.15) is 6.04 Å². The summed E-state index contributed by atoms with van der Waals surface area (Å²) in [4.78, 5) is 18.7. The molecule has 0 spiro atoms. The minimum Gasteiger partial charge on any atom is -0.468 e. The molecule has 2 heterocycles. The average molecular weight is 343 g/mol. The van der Waals surface area contributed by atoms with Gasteiger partial charge in [-0.25, -0.2) is 4.79 Å². The molecule has 3 rings (SSSR count). The first-order valence-electron chi connectivity index (χ1n) is 7.86. The Hall–Kier alpha value is -2.17. The number of methoxy groups -OCH3 is 1. The summed E-state index contributed by atoms with van der Waals surface area (Å²) in [5.41, 5.74) is 3.10. The molecular formula is C19H19ClN2O2. The summed E-state index contributed by atoms with van der Waals surface area (Å²) in [6.07, 6.45) is 6.69. The highest BCUT2D eigenvalue weighted by atomic mass is 35.5. The molecule has 0 aliphatic carbocycles. The molecule has 1 aliphatic heterocycles. The Labute approximate surface area is 146 Å². The summed E-state index contributed by atoms with van der Waals surface area (Å²) in [6.45, 7) is 1.45. The quantitative estimate of drug-likeness (QED) is 0.794. The fraction of sp³-hybridized carbons (Fsp3) is 0.263. The van der Waals surface area contributed by atoms with Crippen LogP contribution in [-0.4, -0.2) is 36.1 Å². The van der Waals surface area contributed by atoms with Crippen molar-refractivity contribution in [2.24, 2.45) is 0 Å². The molecule has 1 aromatic heterocycles. The first kappa shape index (κ1) is 16.7. The summed E-state index contributed by atoms with van der Waals surface area (Å²) < 4.78 is 5.05. The fourth-order valence-electron chi connectivity index (χ4n) is 3.03. The van der Waals surface area contributed by atoms with Crippen LogP contribution in [0.4, 0.5) is 0 Å². The summed E-state index contributed by atoms with van der Waals surface area (Å²) in [5.74, 6) is -0.273. The largest absolute Gasteiger partial charge is 0.468 e. The van der Waals surface area contributed by atoms with Crippen LogP contribution in [0, 0.1) is 0 Å². The number of aromatic nitrogens is 1. The van der Waals surface area contributed by atoms with Crippen molar-refractivity contribution in [3.8, 4) is 0 Å². The lowest BCUT2D eigenvalue weighted by Gasteiger charge is -2.33. The monoisotopic (exact) mass is 342 g/mol. The van der Waals surface area contributed by atoms with Gasteiger partial charge in [-0.2, -0.15) is 0 Å². The molecule has 5 heteroatoms. The molecule has 4 nitrogen and oxygen atoms in total. The minimum atomic E-state index is -0.464. The Bertz CT molecular complexity index is 746. The second-order valence-corrected chi connectivity index (χ2v) is 6.15. The number of rotatable bonds is 4.